The molecule has 124 valence electrons. The molecule has 0 fully saturated rings. The van der Waals surface area contributed by atoms with Gasteiger partial charge in [0, 0.05) is 17.8 Å². The molecule has 0 radical (unpaired) electrons. The van der Waals surface area contributed by atoms with Gasteiger partial charge in [0.1, 0.15) is 0 Å². The highest BCUT2D eigenvalue weighted by Crippen LogP contribution is 2.08. The van der Waals surface area contributed by atoms with Crippen LogP contribution < -0.4 is 10.7 Å². The molecule has 0 spiro atoms. The molecule has 0 saturated carbocycles. The number of hydrogen-bond donors (Lipinski definition) is 2. The van der Waals surface area contributed by atoms with Crippen LogP contribution in [0.25, 0.3) is 0 Å². The topological polar surface area (TPSA) is 70.6 Å². The van der Waals surface area contributed by atoms with Gasteiger partial charge in [-0.15, -0.1) is 0 Å². The number of carbonyl (C=O) groups excluding carboxylic acids is 2. The van der Waals surface area contributed by atoms with Gasteiger partial charge in [-0.1, -0.05) is 55.0 Å². The van der Waals surface area contributed by atoms with Gasteiger partial charge in [-0.05, 0) is 31.0 Å². The molecule has 5 nitrogen and oxygen atoms in total. The molecule has 5 heteroatoms. The zero-order valence-corrected chi connectivity index (χ0v) is 13.9. The van der Waals surface area contributed by atoms with Gasteiger partial charge in [0.15, 0.2) is 0 Å². The average Bonchev–Trinajstić information content (AvgIpc) is 2.61. The van der Waals surface area contributed by atoms with Crippen LogP contribution in [0.5, 0.6) is 0 Å². The van der Waals surface area contributed by atoms with E-state index in [9.17, 15) is 9.59 Å². The molecule has 2 amide bonds. The van der Waals surface area contributed by atoms with Gasteiger partial charge in [0.05, 0.1) is 0 Å². The van der Waals surface area contributed by atoms with E-state index in [1.807, 2.05) is 56.3 Å². The first-order valence-electron chi connectivity index (χ1n) is 7.86. The van der Waals surface area contributed by atoms with Crippen LogP contribution in [-0.2, 0) is 16.0 Å². The maximum Gasteiger partial charge on any atom is 0.329 e. The quantitative estimate of drug-likeness (QED) is 0.504. The Morgan fingerprint density at radius 3 is 2.25 bits per heavy atom. The van der Waals surface area contributed by atoms with E-state index in [0.29, 0.717) is 18.5 Å². The number of aryl methyl sites for hydroxylation is 1. The first-order chi connectivity index (χ1) is 11.6. The van der Waals surface area contributed by atoms with E-state index in [4.69, 9.17) is 0 Å². The molecule has 24 heavy (non-hydrogen) atoms. The first-order valence-corrected chi connectivity index (χ1v) is 7.86. The van der Waals surface area contributed by atoms with Crippen LogP contribution in [0.2, 0.25) is 0 Å². The molecule has 0 saturated heterocycles. The number of anilines is 1. The third-order valence-corrected chi connectivity index (χ3v) is 3.49. The highest BCUT2D eigenvalue weighted by Gasteiger charge is 2.13. The zero-order chi connectivity index (χ0) is 17.4. The summed E-state index contributed by atoms with van der Waals surface area (Å²) in [5.74, 6) is -1.52. The molecule has 0 aromatic heterocycles. The summed E-state index contributed by atoms with van der Waals surface area (Å²) in [4.78, 5) is 23.7. The van der Waals surface area contributed by atoms with Crippen molar-refractivity contribution in [1.29, 1.82) is 0 Å². The fraction of sp³-hybridized carbons (Fsp3) is 0.211. The van der Waals surface area contributed by atoms with Crippen LogP contribution in [0.4, 0.5) is 5.69 Å². The lowest BCUT2D eigenvalue weighted by atomic mass is 10.1. The van der Waals surface area contributed by atoms with E-state index >= 15 is 0 Å². The number of hydrogen-bond acceptors (Lipinski definition) is 3. The average molecular weight is 323 g/mol. The third kappa shape index (κ3) is 5.35. The molecule has 0 bridgehead atoms. The Hall–Kier alpha value is -2.95. The summed E-state index contributed by atoms with van der Waals surface area (Å²) in [6.07, 6.45) is 1.33. The zero-order valence-electron chi connectivity index (χ0n) is 13.9. The van der Waals surface area contributed by atoms with E-state index in [1.165, 1.54) is 0 Å². The third-order valence-electron chi connectivity index (χ3n) is 3.49. The Kier molecular flexibility index (Phi) is 6.25. The van der Waals surface area contributed by atoms with Crippen molar-refractivity contribution in [2.24, 2.45) is 5.10 Å². The predicted molar refractivity (Wildman–Crippen MR) is 95.8 cm³/mol. The van der Waals surface area contributed by atoms with E-state index in [0.717, 1.165) is 16.8 Å². The second-order valence-electron chi connectivity index (χ2n) is 5.46. The van der Waals surface area contributed by atoms with Crippen molar-refractivity contribution in [2.75, 3.05) is 5.32 Å². The monoisotopic (exact) mass is 323 g/mol. The first kappa shape index (κ1) is 17.4. The van der Waals surface area contributed by atoms with Crippen molar-refractivity contribution < 1.29 is 9.59 Å². The summed E-state index contributed by atoms with van der Waals surface area (Å²) in [7, 11) is 0. The predicted octanol–water partition coefficient (Wildman–Crippen LogP) is 3.06. The molecular weight excluding hydrogens is 302 g/mol. The van der Waals surface area contributed by atoms with Crippen LogP contribution >= 0.6 is 0 Å². The van der Waals surface area contributed by atoms with Gasteiger partial charge in [-0.3, -0.25) is 9.59 Å². The Morgan fingerprint density at radius 2 is 1.62 bits per heavy atom. The molecule has 2 rings (SSSR count). The molecule has 0 aliphatic carbocycles. The van der Waals surface area contributed by atoms with Gasteiger partial charge < -0.3 is 5.32 Å². The van der Waals surface area contributed by atoms with Gasteiger partial charge in [0.2, 0.25) is 0 Å². The number of nitrogens with zero attached hydrogens (tertiary/aromatic N) is 1. The molecule has 0 heterocycles. The Bertz CT molecular complexity index is 722. The van der Waals surface area contributed by atoms with Gasteiger partial charge in [-0.25, -0.2) is 5.43 Å². The fourth-order valence-electron chi connectivity index (χ4n) is 2.08. The molecule has 0 unspecified atom stereocenters. The number of nitrogens with one attached hydrogen (secondary N) is 2. The lowest BCUT2D eigenvalue weighted by Gasteiger charge is -2.06. The summed E-state index contributed by atoms with van der Waals surface area (Å²) in [5, 5.41) is 6.61. The minimum Gasteiger partial charge on any atom is -0.318 e. The normalized spacial score (nSPS) is 11.0. The molecule has 2 aromatic rings. The number of amides is 2. The van der Waals surface area contributed by atoms with Gasteiger partial charge in [0.25, 0.3) is 0 Å². The maximum absolute atomic E-state index is 11.9. The lowest BCUT2D eigenvalue weighted by molar-refractivity contribution is -0.136. The molecular formula is C19H21N3O2. The van der Waals surface area contributed by atoms with Crippen molar-refractivity contribution in [2.45, 2.75) is 26.7 Å². The maximum atomic E-state index is 11.9. The molecule has 0 atom stereocenters. The molecule has 2 N–H and O–H groups in total. The summed E-state index contributed by atoms with van der Waals surface area (Å²) in [5.41, 5.74) is 5.89. The van der Waals surface area contributed by atoms with E-state index in [-0.39, 0.29) is 0 Å². The SMILES string of the molecule is CCC(Cc1ccccc1)=NNC(=O)C(=O)Nc1ccc(C)cc1. The fourth-order valence-corrected chi connectivity index (χ4v) is 2.08. The summed E-state index contributed by atoms with van der Waals surface area (Å²) in [6, 6.07) is 17.1. The highest BCUT2D eigenvalue weighted by molar-refractivity contribution is 6.39. The van der Waals surface area contributed by atoms with Gasteiger partial charge >= 0.3 is 11.8 Å². The number of hydrazone groups is 1. The molecule has 0 aliphatic heterocycles. The van der Waals surface area contributed by atoms with E-state index in [1.54, 1.807) is 12.1 Å². The number of benzene rings is 2. The minimum absolute atomic E-state index is 0.574. The van der Waals surface area contributed by atoms with Crippen LogP contribution in [0, 0.1) is 6.92 Å². The van der Waals surface area contributed by atoms with Crippen LogP contribution in [0.3, 0.4) is 0 Å². The van der Waals surface area contributed by atoms with Crippen LogP contribution in [-0.4, -0.2) is 17.5 Å². The standard InChI is InChI=1S/C19H21N3O2/c1-3-16(13-15-7-5-4-6-8-15)21-22-19(24)18(23)20-17-11-9-14(2)10-12-17/h4-12H,3,13H2,1-2H3,(H,20,23)(H,22,24). The second kappa shape index (κ2) is 8.62. The smallest absolute Gasteiger partial charge is 0.318 e. The summed E-state index contributed by atoms with van der Waals surface area (Å²) < 4.78 is 0. The van der Waals surface area contributed by atoms with Crippen LogP contribution in [0.15, 0.2) is 59.7 Å². The number of carbonyl (C=O) groups is 2. The van der Waals surface area contributed by atoms with Gasteiger partial charge in [-0.2, -0.15) is 5.10 Å². The summed E-state index contributed by atoms with van der Waals surface area (Å²) in [6.45, 7) is 3.91. The Morgan fingerprint density at radius 1 is 0.958 bits per heavy atom. The van der Waals surface area contributed by atoms with Crippen LogP contribution in [0.1, 0.15) is 24.5 Å². The number of rotatable bonds is 5. The Balaban J connectivity index is 1.92. The minimum atomic E-state index is -0.783. The lowest BCUT2D eigenvalue weighted by Crippen LogP contribution is -2.33. The van der Waals surface area contributed by atoms with E-state index in [2.05, 4.69) is 15.8 Å². The molecule has 2 aromatic carbocycles. The van der Waals surface area contributed by atoms with Crippen molar-refractivity contribution in [3.63, 3.8) is 0 Å². The highest BCUT2D eigenvalue weighted by atomic mass is 16.2. The van der Waals surface area contributed by atoms with Crippen molar-refractivity contribution in [1.82, 2.24) is 5.43 Å². The second-order valence-corrected chi connectivity index (χ2v) is 5.46. The van der Waals surface area contributed by atoms with Crippen molar-refractivity contribution >= 4 is 23.2 Å². The Labute approximate surface area is 141 Å². The van der Waals surface area contributed by atoms with Crippen molar-refractivity contribution in [3.05, 3.63) is 65.7 Å². The molecule has 0 aliphatic rings. The van der Waals surface area contributed by atoms with E-state index < -0.39 is 11.8 Å². The largest absolute Gasteiger partial charge is 0.329 e. The van der Waals surface area contributed by atoms with Crippen molar-refractivity contribution in [3.8, 4) is 0 Å². The summed E-state index contributed by atoms with van der Waals surface area (Å²) >= 11 is 0.